The second kappa shape index (κ2) is 17.9. The summed E-state index contributed by atoms with van der Waals surface area (Å²) in [6, 6.07) is -0.755. The summed E-state index contributed by atoms with van der Waals surface area (Å²) < 4.78 is 0. The number of phenolic OH excluding ortho intramolecular Hbond substituents is 1. The number of nitrogens with zero attached hydrogens (tertiary/aromatic N) is 2. The van der Waals surface area contributed by atoms with Crippen LogP contribution < -0.4 is 32.7 Å². The van der Waals surface area contributed by atoms with Gasteiger partial charge in [0.05, 0.1) is 6.42 Å². The molecule has 0 spiro atoms. The Labute approximate surface area is 270 Å². The highest BCUT2D eigenvalue weighted by atomic mass is 16.4. The fourth-order valence-corrected chi connectivity index (χ4v) is 4.91. The Kier molecular flexibility index (Phi) is 14.4. The smallest absolute Gasteiger partial charge is 0.326 e. The number of nitrogens with two attached hydrogens (primary N) is 2. The van der Waals surface area contributed by atoms with Gasteiger partial charge < -0.3 is 53.0 Å². The number of nitrogens with one attached hydrogen (secondary N) is 4. The quantitative estimate of drug-likeness (QED) is 0.0476. The van der Waals surface area contributed by atoms with Gasteiger partial charge in [0.15, 0.2) is 5.96 Å². The lowest BCUT2D eigenvalue weighted by Crippen LogP contribution is -2.58. The lowest BCUT2D eigenvalue weighted by Gasteiger charge is -2.29. The van der Waals surface area contributed by atoms with Gasteiger partial charge in [0.25, 0.3) is 0 Å². The molecule has 1 aromatic carbocycles. The SMILES string of the molecule is CC(=O)N[C@@H](CCCN=C(N)N)C(=O)N1CCC[C@H]1C(=O)N[C@@H](CC(=O)O)C(=O)N[C@@H](C)C(=O)N[C@@H](Cc1ccc(O)cc1)C(=O)O. The molecule has 1 aliphatic rings. The van der Waals surface area contributed by atoms with Crippen molar-refractivity contribution < 1.29 is 48.9 Å². The number of likely N-dealkylation sites (tertiary alicyclic amines) is 1. The number of carbonyl (C=O) groups excluding carboxylic acids is 5. The van der Waals surface area contributed by atoms with Crippen LogP contribution in [0.4, 0.5) is 0 Å². The molecule has 18 nitrogen and oxygen atoms in total. The molecule has 258 valence electrons. The lowest BCUT2D eigenvalue weighted by atomic mass is 10.1. The van der Waals surface area contributed by atoms with Crippen LogP contribution in [0.3, 0.4) is 0 Å². The molecule has 2 rings (SSSR count). The first-order valence-electron chi connectivity index (χ1n) is 14.9. The Morgan fingerprint density at radius 1 is 0.936 bits per heavy atom. The van der Waals surface area contributed by atoms with Crippen molar-refractivity contribution in [2.45, 2.75) is 82.6 Å². The molecule has 1 saturated heterocycles. The second-order valence-electron chi connectivity index (χ2n) is 11.1. The Bertz CT molecular complexity index is 1350. The molecular formula is C29H42N8O10. The third kappa shape index (κ3) is 12.5. The fourth-order valence-electron chi connectivity index (χ4n) is 4.91. The molecule has 1 heterocycles. The largest absolute Gasteiger partial charge is 0.508 e. The molecule has 1 fully saturated rings. The Hall–Kier alpha value is -5.42. The van der Waals surface area contributed by atoms with Crippen LogP contribution in [0.1, 0.15) is 51.5 Å². The number of guanidine groups is 1. The average molecular weight is 663 g/mol. The Morgan fingerprint density at radius 2 is 1.60 bits per heavy atom. The minimum absolute atomic E-state index is 0.0265. The zero-order valence-electron chi connectivity index (χ0n) is 26.1. The van der Waals surface area contributed by atoms with Gasteiger partial charge in [-0.05, 0) is 50.3 Å². The minimum atomic E-state index is -1.65. The predicted molar refractivity (Wildman–Crippen MR) is 165 cm³/mol. The van der Waals surface area contributed by atoms with E-state index in [9.17, 15) is 48.9 Å². The van der Waals surface area contributed by atoms with Crippen LogP contribution in [0.15, 0.2) is 29.3 Å². The van der Waals surface area contributed by atoms with Crippen molar-refractivity contribution in [1.29, 1.82) is 0 Å². The van der Waals surface area contributed by atoms with Crippen molar-refractivity contribution in [1.82, 2.24) is 26.2 Å². The molecule has 0 aromatic heterocycles. The number of hydrogen-bond acceptors (Lipinski definition) is 9. The van der Waals surface area contributed by atoms with Crippen molar-refractivity contribution in [2.24, 2.45) is 16.5 Å². The highest BCUT2D eigenvalue weighted by Crippen LogP contribution is 2.20. The number of phenols is 1. The van der Waals surface area contributed by atoms with Crippen molar-refractivity contribution in [3.63, 3.8) is 0 Å². The van der Waals surface area contributed by atoms with E-state index in [1.807, 2.05) is 0 Å². The third-order valence-electron chi connectivity index (χ3n) is 7.21. The number of amides is 5. The zero-order chi connectivity index (χ0) is 35.3. The highest BCUT2D eigenvalue weighted by molar-refractivity contribution is 5.97. The maximum atomic E-state index is 13.4. The van der Waals surface area contributed by atoms with E-state index in [2.05, 4.69) is 26.3 Å². The third-order valence-corrected chi connectivity index (χ3v) is 7.21. The molecule has 1 aliphatic heterocycles. The first kappa shape index (κ1) is 37.8. The van der Waals surface area contributed by atoms with Gasteiger partial charge in [-0.1, -0.05) is 12.1 Å². The second-order valence-corrected chi connectivity index (χ2v) is 11.1. The van der Waals surface area contributed by atoms with Crippen molar-refractivity contribution in [2.75, 3.05) is 13.1 Å². The number of hydrogen-bond donors (Lipinski definition) is 9. The first-order chi connectivity index (χ1) is 22.1. The lowest BCUT2D eigenvalue weighted by molar-refractivity contribution is -0.144. The summed E-state index contributed by atoms with van der Waals surface area (Å²) in [5.41, 5.74) is 11.1. The topological polar surface area (TPSA) is 296 Å². The van der Waals surface area contributed by atoms with Crippen LogP contribution in [-0.4, -0.2) is 111 Å². The number of aromatic hydroxyl groups is 1. The monoisotopic (exact) mass is 662 g/mol. The molecule has 47 heavy (non-hydrogen) atoms. The van der Waals surface area contributed by atoms with E-state index in [1.165, 1.54) is 43.0 Å². The summed E-state index contributed by atoms with van der Waals surface area (Å²) in [6.07, 6.45) is 0.153. The van der Waals surface area contributed by atoms with Crippen molar-refractivity contribution in [3.8, 4) is 5.75 Å². The van der Waals surface area contributed by atoms with E-state index < -0.39 is 78.1 Å². The number of benzene rings is 1. The van der Waals surface area contributed by atoms with Crippen molar-refractivity contribution in [3.05, 3.63) is 29.8 Å². The zero-order valence-corrected chi connectivity index (χ0v) is 26.1. The van der Waals surface area contributed by atoms with Crippen LogP contribution in [-0.2, 0) is 40.0 Å². The number of aliphatic imine (C=N–C) groups is 1. The van der Waals surface area contributed by atoms with Gasteiger partial charge in [-0.3, -0.25) is 33.8 Å². The van der Waals surface area contributed by atoms with Gasteiger partial charge >= 0.3 is 11.9 Å². The summed E-state index contributed by atoms with van der Waals surface area (Å²) in [5, 5.41) is 37.9. The Morgan fingerprint density at radius 3 is 2.17 bits per heavy atom. The molecule has 11 N–H and O–H groups in total. The van der Waals surface area contributed by atoms with Gasteiger partial charge in [-0.15, -0.1) is 0 Å². The molecule has 1 aromatic rings. The van der Waals surface area contributed by atoms with Gasteiger partial charge in [-0.25, -0.2) is 4.79 Å². The molecule has 5 atom stereocenters. The number of carboxylic acid groups (broad SMARTS) is 2. The number of rotatable bonds is 17. The van der Waals surface area contributed by atoms with E-state index in [0.717, 1.165) is 0 Å². The Balaban J connectivity index is 2.09. The van der Waals surface area contributed by atoms with E-state index in [1.54, 1.807) is 0 Å². The summed E-state index contributed by atoms with van der Waals surface area (Å²) in [6.45, 7) is 2.85. The molecule has 0 aliphatic carbocycles. The normalized spacial score (nSPS) is 16.5. The van der Waals surface area contributed by atoms with Crippen LogP contribution >= 0.6 is 0 Å². The van der Waals surface area contributed by atoms with Crippen LogP contribution in [0, 0.1) is 0 Å². The molecule has 0 bridgehead atoms. The molecule has 18 heteroatoms. The van der Waals surface area contributed by atoms with Gasteiger partial charge in [0.1, 0.15) is 36.0 Å². The predicted octanol–water partition coefficient (Wildman–Crippen LogP) is -2.48. The molecule has 5 amide bonds. The first-order valence-corrected chi connectivity index (χ1v) is 14.9. The maximum absolute atomic E-state index is 13.4. The molecule has 0 radical (unpaired) electrons. The molecule has 0 unspecified atom stereocenters. The fraction of sp³-hybridized carbons (Fsp3) is 0.517. The van der Waals surface area contributed by atoms with E-state index in [0.29, 0.717) is 18.4 Å². The summed E-state index contributed by atoms with van der Waals surface area (Å²) in [5.74, 6) is -6.70. The highest BCUT2D eigenvalue weighted by Gasteiger charge is 2.39. The van der Waals surface area contributed by atoms with Gasteiger partial charge in [-0.2, -0.15) is 0 Å². The van der Waals surface area contributed by atoms with E-state index in [-0.39, 0.29) is 44.1 Å². The maximum Gasteiger partial charge on any atom is 0.326 e. The van der Waals surface area contributed by atoms with Crippen LogP contribution in [0.5, 0.6) is 5.75 Å². The van der Waals surface area contributed by atoms with Crippen LogP contribution in [0.2, 0.25) is 0 Å². The molecule has 0 saturated carbocycles. The van der Waals surface area contributed by atoms with E-state index >= 15 is 0 Å². The van der Waals surface area contributed by atoms with Gasteiger partial charge in [0, 0.05) is 26.4 Å². The van der Waals surface area contributed by atoms with Crippen LogP contribution in [0.25, 0.3) is 0 Å². The standard InChI is InChI=1S/C29H42N8O10/c1-15(24(42)36-21(28(46)47)13-17-7-9-18(39)10-8-17)33-25(43)20(14-23(40)41)35-26(44)22-6-4-12-37(22)27(45)19(34-16(2)38)5-3-11-32-29(30)31/h7-10,15,19-22,39H,3-6,11-14H2,1-2H3,(H,33,43)(H,34,38)(H,35,44)(H,36,42)(H,40,41)(H,46,47)(H4,30,31,32)/t15-,19-,20-,21-,22-/m0/s1. The van der Waals surface area contributed by atoms with Crippen molar-refractivity contribution >= 4 is 47.4 Å². The summed E-state index contributed by atoms with van der Waals surface area (Å²) in [7, 11) is 0. The number of carbonyl (C=O) groups is 7. The number of aliphatic carboxylic acids is 2. The average Bonchev–Trinajstić information content (AvgIpc) is 3.48. The van der Waals surface area contributed by atoms with Gasteiger partial charge in [0.2, 0.25) is 29.5 Å². The number of carboxylic acids is 2. The summed E-state index contributed by atoms with van der Waals surface area (Å²) in [4.78, 5) is 92.7. The summed E-state index contributed by atoms with van der Waals surface area (Å²) >= 11 is 0. The minimum Gasteiger partial charge on any atom is -0.508 e. The molecular weight excluding hydrogens is 620 g/mol. The van der Waals surface area contributed by atoms with E-state index in [4.69, 9.17) is 11.5 Å².